The number of hydrogen-bond donors (Lipinski definition) is 2. The van der Waals surface area contributed by atoms with Crippen molar-refractivity contribution in [3.8, 4) is 0 Å². The van der Waals surface area contributed by atoms with E-state index in [1.807, 2.05) is 28.8 Å². The summed E-state index contributed by atoms with van der Waals surface area (Å²) in [6, 6.07) is 7.85. The monoisotopic (exact) mass is 336 g/mol. The van der Waals surface area contributed by atoms with E-state index < -0.39 is 0 Å². The van der Waals surface area contributed by atoms with Gasteiger partial charge in [-0.15, -0.1) is 22.6 Å². The van der Waals surface area contributed by atoms with Crippen LogP contribution in [0.3, 0.4) is 0 Å². The molecule has 0 bridgehead atoms. The van der Waals surface area contributed by atoms with Gasteiger partial charge < -0.3 is 15.2 Å². The molecule has 2 aromatic rings. The van der Waals surface area contributed by atoms with Crippen molar-refractivity contribution < 1.29 is 4.79 Å². The van der Waals surface area contributed by atoms with Gasteiger partial charge >= 0.3 is 0 Å². The summed E-state index contributed by atoms with van der Waals surface area (Å²) in [4.78, 5) is 14.2. The van der Waals surface area contributed by atoms with E-state index in [0.29, 0.717) is 6.54 Å². The van der Waals surface area contributed by atoms with Gasteiger partial charge in [0.25, 0.3) is 0 Å². The fraction of sp³-hybridized carbons (Fsp3) is 0.400. The second-order valence-electron chi connectivity index (χ2n) is 5.41. The quantitative estimate of drug-likeness (QED) is 0.836. The summed E-state index contributed by atoms with van der Waals surface area (Å²) in [7, 11) is 0. The molecule has 2 heterocycles. The van der Waals surface area contributed by atoms with Gasteiger partial charge in [-0.2, -0.15) is 0 Å². The van der Waals surface area contributed by atoms with Crippen LogP contribution in [0.5, 0.6) is 0 Å². The molecule has 1 aromatic heterocycles. The summed E-state index contributed by atoms with van der Waals surface area (Å²) in [6.45, 7) is 4.92. The molecule has 1 aromatic carbocycles. The third kappa shape index (κ3) is 5.31. The molecular weight excluding hydrogens is 316 g/mol. The van der Waals surface area contributed by atoms with Gasteiger partial charge in [0.05, 0.1) is 6.54 Å². The smallest absolute Gasteiger partial charge is 0.238 e. The zero-order valence-corrected chi connectivity index (χ0v) is 13.6. The van der Waals surface area contributed by atoms with Gasteiger partial charge in [-0.3, -0.25) is 9.69 Å². The number of anilines is 1. The van der Waals surface area contributed by atoms with Crippen molar-refractivity contribution in [2.75, 3.05) is 38.0 Å². The minimum atomic E-state index is 0. The number of carbonyl (C=O) groups excluding carboxylic acids is 1. The van der Waals surface area contributed by atoms with Gasteiger partial charge in [-0.1, -0.05) is 12.1 Å². The van der Waals surface area contributed by atoms with Gasteiger partial charge in [0.1, 0.15) is 12.7 Å². The first-order valence-electron chi connectivity index (χ1n) is 7.44. The van der Waals surface area contributed by atoms with Crippen LogP contribution in [0.15, 0.2) is 36.9 Å². The number of carbonyl (C=O) groups is 1. The fourth-order valence-corrected chi connectivity index (χ4v) is 2.48. The Bertz CT molecular complexity index is 595. The summed E-state index contributed by atoms with van der Waals surface area (Å²) in [5.74, 6) is 0.0356. The molecule has 3 rings (SSSR count). The molecule has 2 N–H and O–H groups in total. The number of nitrogens with zero attached hydrogens (tertiary/aromatic N) is 4. The molecule has 1 amide bonds. The number of piperazine rings is 1. The zero-order chi connectivity index (χ0) is 15.2. The van der Waals surface area contributed by atoms with Crippen LogP contribution in [0.4, 0.5) is 5.69 Å². The fourth-order valence-electron chi connectivity index (χ4n) is 2.48. The van der Waals surface area contributed by atoms with Crippen molar-refractivity contribution in [2.24, 2.45) is 0 Å². The van der Waals surface area contributed by atoms with E-state index in [0.717, 1.165) is 44.0 Å². The first-order chi connectivity index (χ1) is 10.8. The average Bonchev–Trinajstić information content (AvgIpc) is 3.03. The number of benzene rings is 1. The minimum Gasteiger partial charge on any atom is -0.325 e. The standard InChI is InChI=1S/C15H20N6O.ClH/c22-15(10-20-7-5-16-6-8-20)19-14-3-1-13(2-4-14)9-21-11-17-18-12-21;/h1-4,11-12,16H,5-10H2,(H,19,22);1H. The summed E-state index contributed by atoms with van der Waals surface area (Å²) >= 11 is 0. The predicted octanol–water partition coefficient (Wildman–Crippen LogP) is 0.592. The van der Waals surface area contributed by atoms with Gasteiger partial charge in [0.15, 0.2) is 0 Å². The van der Waals surface area contributed by atoms with Crippen LogP contribution < -0.4 is 10.6 Å². The first-order valence-corrected chi connectivity index (χ1v) is 7.44. The molecule has 1 aliphatic rings. The Labute approximate surface area is 141 Å². The molecule has 0 saturated carbocycles. The van der Waals surface area contributed by atoms with E-state index in [1.54, 1.807) is 12.7 Å². The Morgan fingerprint density at radius 2 is 1.78 bits per heavy atom. The van der Waals surface area contributed by atoms with Crippen molar-refractivity contribution in [3.05, 3.63) is 42.5 Å². The Morgan fingerprint density at radius 3 is 2.43 bits per heavy atom. The highest BCUT2D eigenvalue weighted by molar-refractivity contribution is 5.92. The topological polar surface area (TPSA) is 75.1 Å². The lowest BCUT2D eigenvalue weighted by atomic mass is 10.2. The predicted molar refractivity (Wildman–Crippen MR) is 90.8 cm³/mol. The molecule has 0 atom stereocenters. The third-order valence-electron chi connectivity index (χ3n) is 3.65. The summed E-state index contributed by atoms with van der Waals surface area (Å²) in [5, 5.41) is 13.8. The molecule has 23 heavy (non-hydrogen) atoms. The van der Waals surface area contributed by atoms with Crippen molar-refractivity contribution in [1.29, 1.82) is 0 Å². The molecule has 1 saturated heterocycles. The SMILES string of the molecule is Cl.O=C(CN1CCNCC1)Nc1ccc(Cn2cnnc2)cc1. The molecule has 0 spiro atoms. The number of aromatic nitrogens is 3. The molecule has 0 aliphatic carbocycles. The van der Waals surface area contributed by atoms with Crippen molar-refractivity contribution in [1.82, 2.24) is 25.0 Å². The molecule has 0 radical (unpaired) electrons. The Hall–Kier alpha value is -1.96. The number of rotatable bonds is 5. The lowest BCUT2D eigenvalue weighted by Crippen LogP contribution is -2.46. The average molecular weight is 337 g/mol. The maximum Gasteiger partial charge on any atom is 0.238 e. The molecule has 1 aliphatic heterocycles. The van der Waals surface area contributed by atoms with Gasteiger partial charge in [0, 0.05) is 38.4 Å². The lowest BCUT2D eigenvalue weighted by molar-refractivity contribution is -0.117. The highest BCUT2D eigenvalue weighted by atomic mass is 35.5. The normalized spacial score (nSPS) is 15.0. The van der Waals surface area contributed by atoms with Gasteiger partial charge in [0.2, 0.25) is 5.91 Å². The largest absolute Gasteiger partial charge is 0.325 e. The third-order valence-corrected chi connectivity index (χ3v) is 3.65. The van der Waals surface area contributed by atoms with Gasteiger partial charge in [-0.25, -0.2) is 0 Å². The van der Waals surface area contributed by atoms with Crippen molar-refractivity contribution in [2.45, 2.75) is 6.54 Å². The van der Waals surface area contributed by atoms with Crippen molar-refractivity contribution >= 4 is 24.0 Å². The Kier molecular flexibility index (Phi) is 6.52. The number of halogens is 1. The zero-order valence-electron chi connectivity index (χ0n) is 12.8. The van der Waals surface area contributed by atoms with Crippen LogP contribution in [0.2, 0.25) is 0 Å². The molecular formula is C15H21ClN6O. The van der Waals surface area contributed by atoms with E-state index >= 15 is 0 Å². The molecule has 0 unspecified atom stereocenters. The van der Waals surface area contributed by atoms with Crippen molar-refractivity contribution in [3.63, 3.8) is 0 Å². The van der Waals surface area contributed by atoms with Crippen LogP contribution >= 0.6 is 12.4 Å². The van der Waals surface area contributed by atoms with Crippen LogP contribution in [0.1, 0.15) is 5.56 Å². The molecule has 1 fully saturated rings. The molecule has 7 nitrogen and oxygen atoms in total. The lowest BCUT2D eigenvalue weighted by Gasteiger charge is -2.26. The summed E-state index contributed by atoms with van der Waals surface area (Å²) in [5.41, 5.74) is 1.97. The molecule has 124 valence electrons. The highest BCUT2D eigenvalue weighted by Crippen LogP contribution is 2.10. The number of nitrogens with one attached hydrogen (secondary N) is 2. The number of hydrogen-bond acceptors (Lipinski definition) is 5. The first kappa shape index (κ1) is 17.4. The summed E-state index contributed by atoms with van der Waals surface area (Å²) < 4.78 is 1.90. The second kappa shape index (κ2) is 8.61. The van der Waals surface area contributed by atoms with E-state index in [1.165, 1.54) is 0 Å². The molecule has 8 heteroatoms. The van der Waals surface area contributed by atoms with Crippen LogP contribution in [0.25, 0.3) is 0 Å². The van der Waals surface area contributed by atoms with Crippen LogP contribution in [-0.2, 0) is 11.3 Å². The second-order valence-corrected chi connectivity index (χ2v) is 5.41. The number of amides is 1. The maximum absolute atomic E-state index is 12.0. The Balaban J connectivity index is 0.00000192. The van der Waals surface area contributed by atoms with E-state index in [9.17, 15) is 4.79 Å². The Morgan fingerprint density at radius 1 is 1.13 bits per heavy atom. The maximum atomic E-state index is 12.0. The van der Waals surface area contributed by atoms with Crippen LogP contribution in [-0.4, -0.2) is 58.3 Å². The van der Waals surface area contributed by atoms with Crippen LogP contribution in [0, 0.1) is 0 Å². The van der Waals surface area contributed by atoms with E-state index in [2.05, 4.69) is 25.7 Å². The van der Waals surface area contributed by atoms with E-state index in [-0.39, 0.29) is 18.3 Å². The highest BCUT2D eigenvalue weighted by Gasteiger charge is 2.13. The minimum absolute atomic E-state index is 0. The van der Waals surface area contributed by atoms with Gasteiger partial charge in [-0.05, 0) is 17.7 Å². The summed E-state index contributed by atoms with van der Waals surface area (Å²) in [6.07, 6.45) is 3.37. The van der Waals surface area contributed by atoms with E-state index in [4.69, 9.17) is 0 Å².